The number of aromatic nitrogens is 4. The van der Waals surface area contributed by atoms with Gasteiger partial charge in [-0.2, -0.15) is 23.4 Å². The Morgan fingerprint density at radius 2 is 1.40 bits per heavy atom. The number of aryl methyl sites for hydroxylation is 1. The third-order valence-corrected chi connectivity index (χ3v) is 15.3. The van der Waals surface area contributed by atoms with E-state index in [9.17, 15) is 0 Å². The zero-order chi connectivity index (χ0) is 37.0. The van der Waals surface area contributed by atoms with Crippen molar-refractivity contribution in [2.75, 3.05) is 0 Å². The molecule has 0 bridgehead atoms. The molecule has 9 aromatic rings. The average Bonchev–Trinajstić information content (AvgIpc) is 3.75. The van der Waals surface area contributed by atoms with Gasteiger partial charge in [-0.05, 0) is 62.1 Å². The summed E-state index contributed by atoms with van der Waals surface area (Å²) in [6.45, 7) is 15.0. The quantitative estimate of drug-likeness (QED) is 0.0955. The first-order chi connectivity index (χ1) is 26.3. The Morgan fingerprint density at radius 3 is 2.11 bits per heavy atom. The normalized spacial score (nSPS) is 11.8. The van der Waals surface area contributed by atoms with Crippen molar-refractivity contribution in [3.63, 3.8) is 0 Å². The molecule has 0 amide bonds. The van der Waals surface area contributed by atoms with Gasteiger partial charge in [0.15, 0.2) is 0 Å². The molecule has 4 aromatic heterocycles. The molecule has 0 N–H and O–H groups in total. The maximum atomic E-state index is 8.29. The van der Waals surface area contributed by atoms with Crippen LogP contribution in [0.3, 0.4) is 0 Å². The summed E-state index contributed by atoms with van der Waals surface area (Å²) in [5.41, 5.74) is 6.41. The van der Waals surface area contributed by atoms with E-state index < -0.39 is 8.07 Å². The van der Waals surface area contributed by atoms with Crippen molar-refractivity contribution < 1.29 is 21.1 Å². The SMILES string of the molecule is [C-]#[N+]c1cc(-c2cc3ccn(C)c3cn2)[c-]c([Si](c2[c-]c3c(cc2)c2ccccc2n3-c2cc(C(C)(C)C)ccn2)(c2ccccc2)c2ccccc2)c1.[Pt+2]. The molecule has 0 aliphatic carbocycles. The molecule has 0 atom stereocenters. The first-order valence-electron chi connectivity index (χ1n) is 18.2. The summed E-state index contributed by atoms with van der Waals surface area (Å²) in [5, 5.41) is 7.76. The predicted octanol–water partition coefficient (Wildman–Crippen LogP) is 8.56. The molecule has 0 saturated carbocycles. The number of pyridine rings is 2. The van der Waals surface area contributed by atoms with Crippen LogP contribution < -0.4 is 20.7 Å². The zero-order valence-corrected chi connectivity index (χ0v) is 34.3. The van der Waals surface area contributed by atoms with Crippen molar-refractivity contribution in [3.05, 3.63) is 181 Å². The van der Waals surface area contributed by atoms with Gasteiger partial charge in [0, 0.05) is 31.2 Å². The zero-order valence-electron chi connectivity index (χ0n) is 31.0. The third-order valence-electron chi connectivity index (χ3n) is 10.7. The molecule has 0 unspecified atom stereocenters. The maximum Gasteiger partial charge on any atom is 2.00 e. The van der Waals surface area contributed by atoms with Crippen LogP contribution in [-0.2, 0) is 33.5 Å². The molecule has 4 heterocycles. The van der Waals surface area contributed by atoms with Gasteiger partial charge in [0.1, 0.15) is 19.6 Å². The second-order valence-electron chi connectivity index (χ2n) is 15.0. The van der Waals surface area contributed by atoms with Gasteiger partial charge in [-0.25, -0.2) is 4.98 Å². The van der Waals surface area contributed by atoms with E-state index in [4.69, 9.17) is 16.5 Å². The second-order valence-corrected chi connectivity index (χ2v) is 18.7. The van der Waals surface area contributed by atoms with Crippen LogP contribution in [0.15, 0.2) is 152 Å². The van der Waals surface area contributed by atoms with E-state index in [0.29, 0.717) is 5.69 Å². The maximum absolute atomic E-state index is 8.29. The number of rotatable bonds is 6. The summed E-state index contributed by atoms with van der Waals surface area (Å²) < 4.78 is 4.34. The molecule has 0 radical (unpaired) electrons. The molecular formula is C48H37N5PtSi. The molecule has 5 nitrogen and oxygen atoms in total. The Hall–Kier alpha value is -5.86. The molecule has 5 aromatic carbocycles. The van der Waals surface area contributed by atoms with Crippen molar-refractivity contribution in [2.45, 2.75) is 26.2 Å². The molecular weight excluding hydrogens is 870 g/mol. The fraction of sp³-hybridized carbons (Fsp3) is 0.104. The summed E-state index contributed by atoms with van der Waals surface area (Å²) in [5.74, 6) is 0.861. The number of fused-ring (bicyclic) bond motifs is 4. The number of para-hydroxylation sites is 1. The van der Waals surface area contributed by atoms with Crippen LogP contribution in [0.2, 0.25) is 0 Å². The van der Waals surface area contributed by atoms with Gasteiger partial charge >= 0.3 is 21.1 Å². The third kappa shape index (κ3) is 6.05. The Kier molecular flexibility index (Phi) is 9.25. The van der Waals surface area contributed by atoms with Crippen LogP contribution in [0, 0.1) is 18.7 Å². The van der Waals surface area contributed by atoms with Crippen molar-refractivity contribution in [1.29, 1.82) is 0 Å². The van der Waals surface area contributed by atoms with Gasteiger partial charge in [0.05, 0.1) is 12.1 Å². The number of benzene rings is 5. The van der Waals surface area contributed by atoms with Crippen molar-refractivity contribution >= 4 is 67.2 Å². The van der Waals surface area contributed by atoms with Crippen molar-refractivity contribution in [1.82, 2.24) is 19.1 Å². The number of hydrogen-bond acceptors (Lipinski definition) is 2. The smallest absolute Gasteiger partial charge is 0.349 e. The minimum Gasteiger partial charge on any atom is -0.349 e. The average molecular weight is 907 g/mol. The topological polar surface area (TPSA) is 40.0 Å². The molecule has 0 spiro atoms. The van der Waals surface area contributed by atoms with Crippen LogP contribution in [0.4, 0.5) is 5.69 Å². The van der Waals surface area contributed by atoms with E-state index in [1.807, 2.05) is 37.8 Å². The molecule has 0 aliphatic rings. The van der Waals surface area contributed by atoms with Crippen LogP contribution >= 0.6 is 0 Å². The molecule has 268 valence electrons. The summed E-state index contributed by atoms with van der Waals surface area (Å²) in [6, 6.07) is 55.0. The summed E-state index contributed by atoms with van der Waals surface area (Å²) in [6.07, 6.45) is 5.87. The monoisotopic (exact) mass is 906 g/mol. The van der Waals surface area contributed by atoms with Crippen molar-refractivity contribution in [2.24, 2.45) is 7.05 Å². The Morgan fingerprint density at radius 1 is 0.691 bits per heavy atom. The Bertz CT molecular complexity index is 2860. The van der Waals surface area contributed by atoms with Gasteiger partial charge in [-0.15, -0.1) is 34.3 Å². The van der Waals surface area contributed by atoms with Crippen LogP contribution in [-0.4, -0.2) is 27.2 Å². The standard InChI is InChI=1S/C48H37N5Si.Pt/c1-48(2,3)35-22-24-50-47(29-35)53-44-19-13-12-18-41(44)42-21-20-39(31-45(42)53)54(37-14-8-6-9-15-37,38-16-10-7-11-17-38)40-27-34(26-36(30-40)49-4)43-28-33-23-25-52(5)46(33)32-51-43;/h6-26,28-30,32H,1-3,5H3;/q-2;+2. The minimum absolute atomic E-state index is 0. The largest absolute Gasteiger partial charge is 2.00 e. The second kappa shape index (κ2) is 14.1. The number of nitrogens with zero attached hydrogens (tertiary/aromatic N) is 5. The van der Waals surface area contributed by atoms with Gasteiger partial charge in [0.2, 0.25) is 0 Å². The van der Waals surface area contributed by atoms with Gasteiger partial charge in [0.25, 0.3) is 0 Å². The first-order valence-corrected chi connectivity index (χ1v) is 20.2. The molecule has 7 heteroatoms. The Labute approximate surface area is 337 Å². The molecule has 0 aliphatic heterocycles. The van der Waals surface area contributed by atoms with Gasteiger partial charge in [-0.3, -0.25) is 4.85 Å². The molecule has 9 rings (SSSR count). The van der Waals surface area contributed by atoms with E-state index in [0.717, 1.165) is 60.2 Å². The van der Waals surface area contributed by atoms with E-state index in [1.54, 1.807) is 0 Å². The van der Waals surface area contributed by atoms with E-state index >= 15 is 0 Å². The van der Waals surface area contributed by atoms with Gasteiger partial charge in [-0.1, -0.05) is 111 Å². The van der Waals surface area contributed by atoms with E-state index in [2.05, 4.69) is 168 Å². The summed E-state index contributed by atoms with van der Waals surface area (Å²) in [7, 11) is -1.19. The first kappa shape index (κ1) is 36.1. The van der Waals surface area contributed by atoms with Crippen LogP contribution in [0.25, 0.3) is 54.6 Å². The molecule has 55 heavy (non-hydrogen) atoms. The predicted molar refractivity (Wildman–Crippen MR) is 225 cm³/mol. The molecule has 0 saturated heterocycles. The van der Waals surface area contributed by atoms with Crippen LogP contribution in [0.5, 0.6) is 0 Å². The van der Waals surface area contributed by atoms with Crippen LogP contribution in [0.1, 0.15) is 26.3 Å². The number of hydrogen-bond donors (Lipinski definition) is 0. The Balaban J connectivity index is 0.00000427. The fourth-order valence-corrected chi connectivity index (χ4v) is 12.5. The van der Waals surface area contributed by atoms with E-state index in [-0.39, 0.29) is 26.5 Å². The fourth-order valence-electron chi connectivity index (χ4n) is 7.94. The van der Waals surface area contributed by atoms with Gasteiger partial charge < -0.3 is 14.1 Å². The molecule has 0 fully saturated rings. The summed E-state index contributed by atoms with van der Waals surface area (Å²) >= 11 is 0. The minimum atomic E-state index is -3.21. The van der Waals surface area contributed by atoms with E-state index in [1.165, 1.54) is 15.9 Å². The van der Waals surface area contributed by atoms with Crippen molar-refractivity contribution in [3.8, 4) is 17.1 Å². The summed E-state index contributed by atoms with van der Waals surface area (Å²) in [4.78, 5) is 13.9.